The van der Waals surface area contributed by atoms with Gasteiger partial charge in [-0.3, -0.25) is 4.57 Å². The zero-order chi connectivity index (χ0) is 36.2. The van der Waals surface area contributed by atoms with Gasteiger partial charge in [0.05, 0.1) is 62.5 Å². The third-order valence-corrected chi connectivity index (χ3v) is 11.6. The van der Waals surface area contributed by atoms with Crippen LogP contribution in [0.3, 0.4) is 0 Å². The van der Waals surface area contributed by atoms with E-state index >= 15 is 0 Å². The van der Waals surface area contributed by atoms with Gasteiger partial charge in [-0.25, -0.2) is 0 Å². The molecule has 1 heterocycles. The minimum absolute atomic E-state index is 0.157. The summed E-state index contributed by atoms with van der Waals surface area (Å²) in [5.41, 5.74) is 0. The summed E-state index contributed by atoms with van der Waals surface area (Å²) < 4.78 is 51.0. The minimum Gasteiger partial charge on any atom is -0.490 e. The molecule has 51 heavy (non-hydrogen) atoms. The number of hydrogen-bond donors (Lipinski definition) is 1. The molecular weight excluding hydrogens is 663 g/mol. The molecule has 3 rings (SSSR count). The molecular formula is C42H69O8P. The summed E-state index contributed by atoms with van der Waals surface area (Å²) in [5, 5.41) is 0.509. The fourth-order valence-corrected chi connectivity index (χ4v) is 8.18. The van der Waals surface area contributed by atoms with Gasteiger partial charge in [0.25, 0.3) is 7.37 Å². The normalized spacial score (nSPS) is 19.5. The molecule has 0 amide bonds. The van der Waals surface area contributed by atoms with Gasteiger partial charge in [0.2, 0.25) is 0 Å². The van der Waals surface area contributed by atoms with Crippen LogP contribution >= 0.6 is 7.37 Å². The Kier molecular flexibility index (Phi) is 23.6. The number of hydrogen-bond acceptors (Lipinski definition) is 7. The zero-order valence-corrected chi connectivity index (χ0v) is 32.8. The van der Waals surface area contributed by atoms with E-state index in [-0.39, 0.29) is 36.0 Å². The van der Waals surface area contributed by atoms with Crippen LogP contribution in [0.1, 0.15) is 129 Å². The zero-order valence-electron chi connectivity index (χ0n) is 31.9. The van der Waals surface area contributed by atoms with Crippen molar-refractivity contribution in [1.29, 1.82) is 0 Å². The standard InChI is InChI=1S/C42H69O8P/c1-3-5-7-9-11-13-15-17-23-37-35-49-39-25-19-21-27-41(39)51(43,44)42-28-22-20-26-40(42)50-36-38(24-18-16-14-12-10-8-6-4-2)48-34-32-46-30-29-45-31-33-47-37/h19-22,25-28,37-38H,3-18,23-24,29-36H2,1-2H3,(H,43,44)/t37-,38-/m0/s1. The van der Waals surface area contributed by atoms with Crippen molar-refractivity contribution in [2.45, 2.75) is 142 Å². The van der Waals surface area contributed by atoms with Crippen LogP contribution in [0.15, 0.2) is 48.5 Å². The summed E-state index contributed by atoms with van der Waals surface area (Å²) in [4.78, 5) is 11.8. The molecule has 2 aromatic rings. The molecule has 8 nitrogen and oxygen atoms in total. The van der Waals surface area contributed by atoms with Crippen molar-refractivity contribution in [2.75, 3.05) is 52.9 Å². The molecule has 0 unspecified atom stereocenters. The van der Waals surface area contributed by atoms with Gasteiger partial charge < -0.3 is 33.3 Å². The lowest BCUT2D eigenvalue weighted by molar-refractivity contribution is -0.0422. The van der Waals surface area contributed by atoms with E-state index in [1.54, 1.807) is 36.4 Å². The fraction of sp³-hybridized carbons (Fsp3) is 0.714. The van der Waals surface area contributed by atoms with Crippen molar-refractivity contribution >= 4 is 18.0 Å². The van der Waals surface area contributed by atoms with Crippen molar-refractivity contribution in [2.24, 2.45) is 0 Å². The van der Waals surface area contributed by atoms with E-state index < -0.39 is 7.37 Å². The lowest BCUT2D eigenvalue weighted by Gasteiger charge is -2.23. The van der Waals surface area contributed by atoms with Crippen LogP contribution in [0.4, 0.5) is 0 Å². The molecule has 0 saturated heterocycles. The Bertz CT molecular complexity index is 1110. The molecule has 0 fully saturated rings. The van der Waals surface area contributed by atoms with Crippen LogP contribution in [0.5, 0.6) is 11.5 Å². The Hall–Kier alpha value is -1.93. The molecule has 1 aliphatic heterocycles. The smallest absolute Gasteiger partial charge is 0.266 e. The molecule has 2 atom stereocenters. The number of benzene rings is 2. The van der Waals surface area contributed by atoms with E-state index in [0.717, 1.165) is 38.5 Å². The minimum atomic E-state index is -4.09. The van der Waals surface area contributed by atoms with Crippen LogP contribution in [0.25, 0.3) is 0 Å². The average Bonchev–Trinajstić information content (AvgIpc) is 3.14. The van der Waals surface area contributed by atoms with Gasteiger partial charge in [-0.1, -0.05) is 141 Å². The van der Waals surface area contributed by atoms with Crippen molar-refractivity contribution in [3.63, 3.8) is 0 Å². The number of fused-ring (bicyclic) bond motifs is 2. The SMILES string of the molecule is CCCCCCCCCC[C@H]1COc2ccccc2P(=O)(O)c2ccccc2OC[C@H](CCCCCCCCCC)OCCOCCOCCO1. The van der Waals surface area contributed by atoms with Crippen LogP contribution < -0.4 is 20.1 Å². The first kappa shape index (κ1) is 43.5. The monoisotopic (exact) mass is 732 g/mol. The van der Waals surface area contributed by atoms with Gasteiger partial charge in [0, 0.05) is 0 Å². The second-order valence-corrected chi connectivity index (χ2v) is 16.0. The third-order valence-electron chi connectivity index (χ3n) is 9.53. The number of para-hydroxylation sites is 2. The predicted octanol–water partition coefficient (Wildman–Crippen LogP) is 9.54. The van der Waals surface area contributed by atoms with E-state index in [1.165, 1.54) is 77.0 Å². The van der Waals surface area contributed by atoms with Crippen LogP contribution in [-0.2, 0) is 23.5 Å². The molecule has 0 radical (unpaired) electrons. The Balaban J connectivity index is 1.69. The van der Waals surface area contributed by atoms with Gasteiger partial charge in [0.1, 0.15) is 24.7 Å². The Labute approximate surface area is 309 Å². The molecule has 0 aliphatic carbocycles. The first-order valence-corrected chi connectivity index (χ1v) is 21.9. The quantitative estimate of drug-likeness (QED) is 0.120. The molecule has 0 bridgehead atoms. The van der Waals surface area contributed by atoms with Crippen molar-refractivity contribution in [3.8, 4) is 11.5 Å². The molecule has 0 saturated carbocycles. The maximum absolute atomic E-state index is 14.4. The van der Waals surface area contributed by atoms with Crippen LogP contribution in [0.2, 0.25) is 0 Å². The highest BCUT2D eigenvalue weighted by atomic mass is 31.2. The second kappa shape index (κ2) is 27.6. The molecule has 1 N–H and O–H groups in total. The molecule has 2 aromatic carbocycles. The number of ether oxygens (including phenoxy) is 6. The Morgan fingerprint density at radius 3 is 1.29 bits per heavy atom. The second-order valence-electron chi connectivity index (χ2n) is 13.9. The fourth-order valence-electron chi connectivity index (χ4n) is 6.47. The van der Waals surface area contributed by atoms with E-state index in [4.69, 9.17) is 28.4 Å². The van der Waals surface area contributed by atoms with Gasteiger partial charge in [-0.05, 0) is 37.1 Å². The average molecular weight is 733 g/mol. The van der Waals surface area contributed by atoms with Gasteiger partial charge in [-0.2, -0.15) is 0 Å². The van der Waals surface area contributed by atoms with Crippen molar-refractivity contribution in [3.05, 3.63) is 48.5 Å². The highest BCUT2D eigenvalue weighted by molar-refractivity contribution is 7.73. The van der Waals surface area contributed by atoms with E-state index in [1.807, 2.05) is 12.1 Å². The summed E-state index contributed by atoms with van der Waals surface area (Å²) in [6.45, 7) is 7.85. The van der Waals surface area contributed by atoms with E-state index in [2.05, 4.69) is 13.8 Å². The predicted molar refractivity (Wildman–Crippen MR) is 209 cm³/mol. The molecule has 9 heteroatoms. The van der Waals surface area contributed by atoms with Crippen LogP contribution in [0, 0.1) is 0 Å². The maximum Gasteiger partial charge on any atom is 0.266 e. The summed E-state index contributed by atoms with van der Waals surface area (Å²) in [6, 6.07) is 14.1. The summed E-state index contributed by atoms with van der Waals surface area (Å²) in [5.74, 6) is 0.774. The van der Waals surface area contributed by atoms with Gasteiger partial charge in [0.15, 0.2) is 0 Å². The molecule has 1 aliphatic rings. The molecule has 0 aromatic heterocycles. The lowest BCUT2D eigenvalue weighted by atomic mass is 10.1. The highest BCUT2D eigenvalue weighted by Gasteiger charge is 2.32. The summed E-state index contributed by atoms with van der Waals surface area (Å²) >= 11 is 0. The maximum atomic E-state index is 14.4. The topological polar surface area (TPSA) is 92.7 Å². The Morgan fingerprint density at radius 2 is 0.882 bits per heavy atom. The van der Waals surface area contributed by atoms with Gasteiger partial charge >= 0.3 is 0 Å². The molecule has 0 spiro atoms. The van der Waals surface area contributed by atoms with Crippen molar-refractivity contribution < 1.29 is 37.9 Å². The van der Waals surface area contributed by atoms with Gasteiger partial charge in [-0.15, -0.1) is 0 Å². The van der Waals surface area contributed by atoms with Crippen molar-refractivity contribution in [1.82, 2.24) is 0 Å². The first-order chi connectivity index (χ1) is 25.1. The largest absolute Gasteiger partial charge is 0.490 e. The third kappa shape index (κ3) is 18.1. The lowest BCUT2D eigenvalue weighted by Crippen LogP contribution is -2.27. The highest BCUT2D eigenvalue weighted by Crippen LogP contribution is 2.44. The summed E-state index contributed by atoms with van der Waals surface area (Å²) in [6.07, 6.45) is 21.2. The first-order valence-electron chi connectivity index (χ1n) is 20.2. The van der Waals surface area contributed by atoms with Crippen LogP contribution in [-0.4, -0.2) is 70.0 Å². The van der Waals surface area contributed by atoms with E-state index in [0.29, 0.717) is 51.1 Å². The number of rotatable bonds is 18. The summed E-state index contributed by atoms with van der Waals surface area (Å²) in [7, 11) is -4.09. The van der Waals surface area contributed by atoms with E-state index in [9.17, 15) is 9.46 Å². The Morgan fingerprint density at radius 1 is 0.529 bits per heavy atom. The number of unbranched alkanes of at least 4 members (excludes halogenated alkanes) is 14. The molecule has 290 valence electrons.